The number of fused-ring (bicyclic) bond motifs is 3. The van der Waals surface area contributed by atoms with E-state index in [0.29, 0.717) is 29.8 Å². The summed E-state index contributed by atoms with van der Waals surface area (Å²) in [6.45, 7) is 8.21. The molecule has 0 saturated carbocycles. The molecule has 0 spiro atoms. The highest BCUT2D eigenvalue weighted by atomic mass is 16.3. The Morgan fingerprint density at radius 1 is 1.06 bits per heavy atom. The number of rotatable bonds is 6. The van der Waals surface area contributed by atoms with Crippen molar-refractivity contribution in [3.63, 3.8) is 0 Å². The summed E-state index contributed by atoms with van der Waals surface area (Å²) in [4.78, 5) is 26.3. The van der Waals surface area contributed by atoms with Gasteiger partial charge in [0.15, 0.2) is 5.82 Å². The van der Waals surface area contributed by atoms with Crippen molar-refractivity contribution in [3.8, 4) is 0 Å². The first-order chi connectivity index (χ1) is 17.4. The number of hydrogen-bond acceptors (Lipinski definition) is 9. The van der Waals surface area contributed by atoms with Gasteiger partial charge in [-0.3, -0.25) is 4.90 Å². The van der Waals surface area contributed by atoms with E-state index in [4.69, 9.17) is 9.97 Å². The molecule has 9 heteroatoms. The molecule has 0 aliphatic carbocycles. The van der Waals surface area contributed by atoms with Crippen LogP contribution in [0.4, 0.5) is 17.6 Å². The van der Waals surface area contributed by atoms with Gasteiger partial charge in [-0.1, -0.05) is 6.07 Å². The molecule has 190 valence electrons. The molecule has 2 bridgehead atoms. The number of aromatic nitrogens is 4. The SMILES string of the molecule is C[C@@H](O)c1cc2cnc(Nc3ccc(CN4CCN(C)[C@@H](C)C4)cn3)nc2c(N2C3CCC2CC3)n1. The molecule has 2 N–H and O–H groups in total. The number of pyridine rings is 2. The summed E-state index contributed by atoms with van der Waals surface area (Å²) >= 11 is 0. The molecule has 9 nitrogen and oxygen atoms in total. The Morgan fingerprint density at radius 2 is 1.83 bits per heavy atom. The summed E-state index contributed by atoms with van der Waals surface area (Å²) in [6.07, 6.45) is 7.93. The Morgan fingerprint density at radius 3 is 2.50 bits per heavy atom. The van der Waals surface area contributed by atoms with E-state index >= 15 is 0 Å². The maximum absolute atomic E-state index is 10.3. The Hall–Kier alpha value is -2.88. The quantitative estimate of drug-likeness (QED) is 0.541. The normalized spacial score (nSPS) is 25.6. The summed E-state index contributed by atoms with van der Waals surface area (Å²) in [7, 11) is 2.19. The average molecular weight is 489 g/mol. The first-order valence-corrected chi connectivity index (χ1v) is 13.2. The molecule has 3 fully saturated rings. The lowest BCUT2D eigenvalue weighted by Gasteiger charge is -2.37. The highest BCUT2D eigenvalue weighted by molar-refractivity contribution is 5.90. The van der Waals surface area contributed by atoms with E-state index in [-0.39, 0.29) is 0 Å². The van der Waals surface area contributed by atoms with Gasteiger partial charge in [-0.05, 0) is 64.3 Å². The fraction of sp³-hybridized carbons (Fsp3) is 0.556. The van der Waals surface area contributed by atoms with E-state index < -0.39 is 6.10 Å². The molecule has 6 heterocycles. The maximum atomic E-state index is 10.3. The van der Waals surface area contributed by atoms with Crippen molar-refractivity contribution >= 4 is 28.5 Å². The molecule has 0 radical (unpaired) electrons. The molecule has 0 aromatic carbocycles. The minimum atomic E-state index is -0.636. The number of hydrogen-bond donors (Lipinski definition) is 2. The lowest BCUT2D eigenvalue weighted by atomic mass is 10.0. The third-order valence-electron chi connectivity index (χ3n) is 8.21. The van der Waals surface area contributed by atoms with E-state index in [1.165, 1.54) is 31.2 Å². The number of nitrogens with zero attached hydrogens (tertiary/aromatic N) is 7. The molecule has 6 rings (SSSR count). The van der Waals surface area contributed by atoms with Crippen LogP contribution in [0.3, 0.4) is 0 Å². The first-order valence-electron chi connectivity index (χ1n) is 13.2. The molecule has 3 aliphatic heterocycles. The van der Waals surface area contributed by atoms with Gasteiger partial charge < -0.3 is 20.2 Å². The summed E-state index contributed by atoms with van der Waals surface area (Å²) < 4.78 is 0. The monoisotopic (exact) mass is 488 g/mol. The smallest absolute Gasteiger partial charge is 0.229 e. The molecule has 2 atom stereocenters. The van der Waals surface area contributed by atoms with Gasteiger partial charge in [0.2, 0.25) is 5.95 Å². The zero-order valence-electron chi connectivity index (χ0n) is 21.4. The summed E-state index contributed by atoms with van der Waals surface area (Å²) in [6, 6.07) is 7.63. The second kappa shape index (κ2) is 9.53. The number of likely N-dealkylation sites (N-methyl/N-ethyl adjacent to an activating group) is 1. The fourth-order valence-electron chi connectivity index (χ4n) is 5.99. The second-order valence-corrected chi connectivity index (χ2v) is 10.8. The molecular formula is C27H36N8O. The van der Waals surface area contributed by atoms with E-state index in [9.17, 15) is 5.11 Å². The molecule has 3 aromatic heterocycles. The fourth-order valence-corrected chi connectivity index (χ4v) is 5.99. The predicted molar refractivity (Wildman–Crippen MR) is 141 cm³/mol. The van der Waals surface area contributed by atoms with Crippen LogP contribution in [-0.2, 0) is 6.54 Å². The summed E-state index contributed by atoms with van der Waals surface area (Å²) in [5.74, 6) is 2.11. The standard InChI is InChI=1S/C27H36N8O/c1-17-15-34(11-10-33(17)3)16-19-4-9-24(28-13-19)31-27-29-14-20-12-23(18(2)36)30-26(25(20)32-27)35-21-5-6-22(35)8-7-21/h4,9,12-14,17-18,21-22,36H,5-8,10-11,15-16H2,1-3H3,(H,28,29,31,32)/t17-,18+,21?,22?/m0/s1. The summed E-state index contributed by atoms with van der Waals surface area (Å²) in [5, 5.41) is 14.4. The van der Waals surface area contributed by atoms with Crippen LogP contribution in [-0.4, -0.2) is 79.6 Å². The number of aliphatic hydroxyl groups excluding tert-OH is 1. The van der Waals surface area contributed by atoms with Crippen molar-refractivity contribution in [2.24, 2.45) is 0 Å². The number of nitrogens with one attached hydrogen (secondary N) is 1. The van der Waals surface area contributed by atoms with Gasteiger partial charge >= 0.3 is 0 Å². The third kappa shape index (κ3) is 4.51. The average Bonchev–Trinajstić information content (AvgIpc) is 3.47. The van der Waals surface area contributed by atoms with E-state index in [1.54, 1.807) is 6.92 Å². The van der Waals surface area contributed by atoms with Crippen LogP contribution in [0.5, 0.6) is 0 Å². The van der Waals surface area contributed by atoms with Crippen molar-refractivity contribution in [3.05, 3.63) is 41.9 Å². The lowest BCUT2D eigenvalue weighted by molar-refractivity contribution is 0.0999. The molecular weight excluding hydrogens is 452 g/mol. The number of anilines is 3. The summed E-state index contributed by atoms with van der Waals surface area (Å²) in [5.41, 5.74) is 2.70. The van der Waals surface area contributed by atoms with Crippen LogP contribution in [0.15, 0.2) is 30.6 Å². The highest BCUT2D eigenvalue weighted by Gasteiger charge is 2.41. The molecule has 3 saturated heterocycles. The Kier molecular flexibility index (Phi) is 6.23. The van der Waals surface area contributed by atoms with Crippen LogP contribution < -0.4 is 10.2 Å². The van der Waals surface area contributed by atoms with Gasteiger partial charge in [0.05, 0.1) is 11.8 Å². The first kappa shape index (κ1) is 23.5. The van der Waals surface area contributed by atoms with Gasteiger partial charge in [0.25, 0.3) is 0 Å². The van der Waals surface area contributed by atoms with Crippen molar-refractivity contribution < 1.29 is 5.11 Å². The highest BCUT2D eigenvalue weighted by Crippen LogP contribution is 2.42. The molecule has 3 aliphatic rings. The van der Waals surface area contributed by atoms with Crippen LogP contribution in [0.1, 0.15) is 56.9 Å². The number of aliphatic hydroxyl groups is 1. The van der Waals surface area contributed by atoms with Gasteiger partial charge in [-0.2, -0.15) is 0 Å². The van der Waals surface area contributed by atoms with Crippen LogP contribution in [0, 0.1) is 0 Å². The van der Waals surface area contributed by atoms with Crippen molar-refractivity contribution in [2.45, 2.75) is 70.3 Å². The van der Waals surface area contributed by atoms with E-state index in [0.717, 1.165) is 48.7 Å². The van der Waals surface area contributed by atoms with Crippen LogP contribution in [0.25, 0.3) is 10.9 Å². The van der Waals surface area contributed by atoms with Gasteiger partial charge in [-0.25, -0.2) is 19.9 Å². The van der Waals surface area contributed by atoms with Crippen molar-refractivity contribution in [1.82, 2.24) is 29.7 Å². The van der Waals surface area contributed by atoms with Gasteiger partial charge in [0, 0.05) is 62.1 Å². The number of piperazine rings is 1. The Balaban J connectivity index is 1.23. The maximum Gasteiger partial charge on any atom is 0.229 e. The Bertz CT molecular complexity index is 1210. The Labute approximate surface area is 212 Å². The third-order valence-corrected chi connectivity index (χ3v) is 8.21. The topological polar surface area (TPSA) is 93.5 Å². The second-order valence-electron chi connectivity index (χ2n) is 10.8. The van der Waals surface area contributed by atoms with Crippen molar-refractivity contribution in [2.75, 3.05) is 36.9 Å². The van der Waals surface area contributed by atoms with Crippen molar-refractivity contribution in [1.29, 1.82) is 0 Å². The molecule has 36 heavy (non-hydrogen) atoms. The lowest BCUT2D eigenvalue weighted by Crippen LogP contribution is -2.49. The molecule has 0 unspecified atom stereocenters. The van der Waals surface area contributed by atoms with Crippen LogP contribution in [0.2, 0.25) is 0 Å². The largest absolute Gasteiger partial charge is 0.387 e. The zero-order chi connectivity index (χ0) is 24.8. The van der Waals surface area contributed by atoms with E-state index in [1.807, 2.05) is 24.5 Å². The van der Waals surface area contributed by atoms with E-state index in [2.05, 4.69) is 50.0 Å². The molecule has 0 amide bonds. The minimum absolute atomic E-state index is 0.509. The predicted octanol–water partition coefficient (Wildman–Crippen LogP) is 3.48. The van der Waals surface area contributed by atoms with Gasteiger partial charge in [0.1, 0.15) is 11.3 Å². The minimum Gasteiger partial charge on any atom is -0.387 e. The van der Waals surface area contributed by atoms with Gasteiger partial charge in [-0.15, -0.1) is 0 Å². The molecule has 3 aromatic rings. The van der Waals surface area contributed by atoms with Crippen LogP contribution >= 0.6 is 0 Å². The zero-order valence-corrected chi connectivity index (χ0v) is 21.4.